The molecule has 0 aliphatic carbocycles. The highest BCUT2D eigenvalue weighted by molar-refractivity contribution is 7.89. The Morgan fingerprint density at radius 1 is 1.43 bits per heavy atom. The first kappa shape index (κ1) is 16.4. The number of sulfonamides is 1. The minimum atomic E-state index is -3.51. The van der Waals surface area contributed by atoms with E-state index in [0.717, 1.165) is 18.4 Å². The van der Waals surface area contributed by atoms with Gasteiger partial charge in [-0.2, -0.15) is 0 Å². The quantitative estimate of drug-likeness (QED) is 0.841. The van der Waals surface area contributed by atoms with Crippen LogP contribution in [0.15, 0.2) is 29.2 Å². The Hall–Kier alpha value is -0.950. The van der Waals surface area contributed by atoms with E-state index >= 15 is 0 Å². The van der Waals surface area contributed by atoms with Gasteiger partial charge in [-0.15, -0.1) is 0 Å². The molecule has 1 aromatic carbocycles. The Morgan fingerprint density at radius 2 is 2.19 bits per heavy atom. The summed E-state index contributed by atoms with van der Waals surface area (Å²) in [5, 5.41) is 3.11. The smallest absolute Gasteiger partial charge is 0.240 e. The molecule has 0 spiro atoms. The van der Waals surface area contributed by atoms with E-state index in [9.17, 15) is 8.42 Å². The van der Waals surface area contributed by atoms with E-state index in [-0.39, 0.29) is 11.6 Å². The fourth-order valence-electron chi connectivity index (χ4n) is 2.42. The van der Waals surface area contributed by atoms with Crippen LogP contribution in [0.2, 0.25) is 0 Å². The first-order valence-electron chi connectivity index (χ1n) is 7.27. The molecule has 5 nitrogen and oxygen atoms in total. The van der Waals surface area contributed by atoms with Crippen LogP contribution in [-0.2, 0) is 14.8 Å². The van der Waals surface area contributed by atoms with Gasteiger partial charge in [0.25, 0.3) is 0 Å². The summed E-state index contributed by atoms with van der Waals surface area (Å²) in [4.78, 5) is 0.295. The minimum Gasteiger partial charge on any atom is -0.374 e. The molecule has 0 amide bonds. The molecule has 0 aromatic heterocycles. The summed E-state index contributed by atoms with van der Waals surface area (Å²) in [6.45, 7) is 4.95. The van der Waals surface area contributed by atoms with Crippen molar-refractivity contribution < 1.29 is 13.2 Å². The van der Waals surface area contributed by atoms with Crippen LogP contribution >= 0.6 is 0 Å². The maximum atomic E-state index is 12.4. The molecule has 2 unspecified atom stereocenters. The lowest BCUT2D eigenvalue weighted by molar-refractivity contribution is 0.0250. The average Bonchev–Trinajstić information content (AvgIpc) is 2.92. The molecule has 6 heteroatoms. The van der Waals surface area contributed by atoms with Gasteiger partial charge in [0.1, 0.15) is 0 Å². The predicted octanol–water partition coefficient (Wildman–Crippen LogP) is 1.81. The Labute approximate surface area is 127 Å². The maximum absolute atomic E-state index is 12.4. The minimum absolute atomic E-state index is 0.107. The largest absolute Gasteiger partial charge is 0.374 e. The fourth-order valence-corrected chi connectivity index (χ4v) is 3.64. The molecule has 1 fully saturated rings. The Kier molecular flexibility index (Phi) is 5.03. The van der Waals surface area contributed by atoms with Crippen molar-refractivity contribution in [1.29, 1.82) is 0 Å². The van der Waals surface area contributed by atoms with E-state index in [4.69, 9.17) is 4.74 Å². The zero-order chi connectivity index (χ0) is 15.5. The number of rotatable bonds is 6. The summed E-state index contributed by atoms with van der Waals surface area (Å²) in [7, 11) is -1.66. The van der Waals surface area contributed by atoms with Gasteiger partial charge in [-0.3, -0.25) is 0 Å². The SMILES string of the molecule is CNC(C)c1cccc(S(=O)(=O)NCC2(C)CCCO2)c1. The molecule has 2 atom stereocenters. The van der Waals surface area contributed by atoms with Gasteiger partial charge in [0.2, 0.25) is 10.0 Å². The van der Waals surface area contributed by atoms with Crippen molar-refractivity contribution in [2.75, 3.05) is 20.2 Å². The number of nitrogens with one attached hydrogen (secondary N) is 2. The molecular formula is C15H24N2O3S. The fraction of sp³-hybridized carbons (Fsp3) is 0.600. The van der Waals surface area contributed by atoms with Gasteiger partial charge in [-0.05, 0) is 51.4 Å². The molecule has 1 saturated heterocycles. The molecule has 21 heavy (non-hydrogen) atoms. The number of benzene rings is 1. The van der Waals surface area contributed by atoms with Crippen molar-refractivity contribution >= 4 is 10.0 Å². The monoisotopic (exact) mass is 312 g/mol. The van der Waals surface area contributed by atoms with E-state index in [0.29, 0.717) is 18.0 Å². The zero-order valence-corrected chi connectivity index (χ0v) is 13.7. The van der Waals surface area contributed by atoms with E-state index in [1.807, 2.05) is 27.0 Å². The predicted molar refractivity (Wildman–Crippen MR) is 82.7 cm³/mol. The molecule has 118 valence electrons. The zero-order valence-electron chi connectivity index (χ0n) is 12.8. The van der Waals surface area contributed by atoms with Crippen LogP contribution in [0.4, 0.5) is 0 Å². The summed E-state index contributed by atoms with van der Waals surface area (Å²) in [6.07, 6.45) is 1.86. The first-order chi connectivity index (χ1) is 9.86. The molecule has 0 saturated carbocycles. The highest BCUT2D eigenvalue weighted by Crippen LogP contribution is 2.25. The summed E-state index contributed by atoms with van der Waals surface area (Å²) in [5.74, 6) is 0. The van der Waals surface area contributed by atoms with Crippen LogP contribution < -0.4 is 10.0 Å². The van der Waals surface area contributed by atoms with E-state index in [2.05, 4.69) is 10.0 Å². The summed E-state index contributed by atoms with van der Waals surface area (Å²) >= 11 is 0. The van der Waals surface area contributed by atoms with Gasteiger partial charge in [0.15, 0.2) is 0 Å². The van der Waals surface area contributed by atoms with Gasteiger partial charge < -0.3 is 10.1 Å². The molecule has 0 bridgehead atoms. The van der Waals surface area contributed by atoms with E-state index in [1.165, 1.54) is 0 Å². The van der Waals surface area contributed by atoms with Gasteiger partial charge in [0, 0.05) is 19.2 Å². The van der Waals surface area contributed by atoms with E-state index in [1.54, 1.807) is 18.2 Å². The maximum Gasteiger partial charge on any atom is 0.240 e. The van der Waals surface area contributed by atoms with Crippen LogP contribution in [-0.4, -0.2) is 34.2 Å². The number of hydrogen-bond acceptors (Lipinski definition) is 4. The number of ether oxygens (including phenoxy) is 1. The Morgan fingerprint density at radius 3 is 2.81 bits per heavy atom. The van der Waals surface area contributed by atoms with Gasteiger partial charge in [-0.25, -0.2) is 13.1 Å². The van der Waals surface area contributed by atoms with Gasteiger partial charge >= 0.3 is 0 Å². The second-order valence-corrected chi connectivity index (χ2v) is 7.58. The van der Waals surface area contributed by atoms with Crippen LogP contribution in [0.5, 0.6) is 0 Å². The molecule has 1 aromatic rings. The van der Waals surface area contributed by atoms with Crippen LogP contribution in [0.3, 0.4) is 0 Å². The van der Waals surface area contributed by atoms with Gasteiger partial charge in [0.05, 0.1) is 10.5 Å². The van der Waals surface area contributed by atoms with Crippen molar-refractivity contribution in [3.8, 4) is 0 Å². The third-order valence-corrected chi connectivity index (χ3v) is 5.44. The first-order valence-corrected chi connectivity index (χ1v) is 8.75. The lowest BCUT2D eigenvalue weighted by Gasteiger charge is -2.23. The molecule has 1 aliphatic heterocycles. The lowest BCUT2D eigenvalue weighted by Crippen LogP contribution is -2.40. The molecule has 0 radical (unpaired) electrons. The third kappa shape index (κ3) is 4.03. The Balaban J connectivity index is 2.12. The summed E-state index contributed by atoms with van der Waals surface area (Å²) in [5.41, 5.74) is 0.562. The second kappa shape index (κ2) is 6.44. The summed E-state index contributed by atoms with van der Waals surface area (Å²) < 4.78 is 33.1. The van der Waals surface area contributed by atoms with Crippen molar-refractivity contribution in [1.82, 2.24) is 10.0 Å². The van der Waals surface area contributed by atoms with Crippen molar-refractivity contribution in [3.63, 3.8) is 0 Å². The van der Waals surface area contributed by atoms with Crippen LogP contribution in [0.25, 0.3) is 0 Å². The summed E-state index contributed by atoms with van der Waals surface area (Å²) in [6, 6.07) is 7.12. The highest BCUT2D eigenvalue weighted by atomic mass is 32.2. The average molecular weight is 312 g/mol. The number of hydrogen-bond donors (Lipinski definition) is 2. The molecular weight excluding hydrogens is 288 g/mol. The standard InChI is InChI=1S/C15H24N2O3S/c1-12(16-3)13-6-4-7-14(10-13)21(18,19)17-11-15(2)8-5-9-20-15/h4,6-7,10,12,16-17H,5,8-9,11H2,1-3H3. The second-order valence-electron chi connectivity index (χ2n) is 5.81. The molecule has 1 heterocycles. The third-order valence-electron chi connectivity index (χ3n) is 4.04. The molecule has 1 aliphatic rings. The van der Waals surface area contributed by atoms with Crippen LogP contribution in [0, 0.1) is 0 Å². The van der Waals surface area contributed by atoms with Crippen molar-refractivity contribution in [2.45, 2.75) is 43.2 Å². The lowest BCUT2D eigenvalue weighted by atomic mass is 10.0. The van der Waals surface area contributed by atoms with Gasteiger partial charge in [-0.1, -0.05) is 12.1 Å². The van der Waals surface area contributed by atoms with Crippen LogP contribution in [0.1, 0.15) is 38.3 Å². The molecule has 2 rings (SSSR count). The van der Waals surface area contributed by atoms with E-state index < -0.39 is 10.0 Å². The van der Waals surface area contributed by atoms with Crippen molar-refractivity contribution in [3.05, 3.63) is 29.8 Å². The topological polar surface area (TPSA) is 67.4 Å². The normalized spacial score (nSPS) is 24.1. The Bertz CT molecular complexity index is 580. The van der Waals surface area contributed by atoms with Crippen molar-refractivity contribution in [2.24, 2.45) is 0 Å². The molecule has 2 N–H and O–H groups in total. The highest BCUT2D eigenvalue weighted by Gasteiger charge is 2.31.